The van der Waals surface area contributed by atoms with Crippen molar-refractivity contribution in [2.24, 2.45) is 0 Å². The van der Waals surface area contributed by atoms with Crippen LogP contribution in [0.2, 0.25) is 0 Å². The standard InChI is InChI=1S/C14H17BrN4O/c1-3-8-19(14(20)13-16-9-17-18-13)10(2)11-6-4-5-7-12(11)15/h4-7,9-10H,3,8H2,1-2H3,(H,16,17,18). The van der Waals surface area contributed by atoms with Crippen LogP contribution in [0.15, 0.2) is 35.1 Å². The average molecular weight is 337 g/mol. The van der Waals surface area contributed by atoms with Crippen LogP contribution in [0.25, 0.3) is 0 Å². The lowest BCUT2D eigenvalue weighted by molar-refractivity contribution is 0.0678. The Morgan fingerprint density at radius 1 is 1.45 bits per heavy atom. The quantitative estimate of drug-likeness (QED) is 0.911. The Labute approximate surface area is 126 Å². The van der Waals surface area contributed by atoms with Crippen LogP contribution >= 0.6 is 15.9 Å². The Balaban J connectivity index is 2.29. The number of carbonyl (C=O) groups is 1. The summed E-state index contributed by atoms with van der Waals surface area (Å²) in [6, 6.07) is 7.89. The summed E-state index contributed by atoms with van der Waals surface area (Å²) in [5.41, 5.74) is 1.08. The number of rotatable bonds is 5. The summed E-state index contributed by atoms with van der Waals surface area (Å²) in [6.45, 7) is 4.74. The van der Waals surface area contributed by atoms with E-state index < -0.39 is 0 Å². The summed E-state index contributed by atoms with van der Waals surface area (Å²) in [5, 5.41) is 6.38. The van der Waals surface area contributed by atoms with Crippen LogP contribution in [-0.4, -0.2) is 32.5 Å². The van der Waals surface area contributed by atoms with E-state index in [2.05, 4.69) is 31.1 Å². The molecule has 0 radical (unpaired) electrons. The molecule has 1 amide bonds. The first-order valence-corrected chi connectivity index (χ1v) is 7.35. The molecule has 0 saturated carbocycles. The molecule has 0 bridgehead atoms. The maximum atomic E-state index is 12.5. The minimum Gasteiger partial charge on any atom is -0.329 e. The fourth-order valence-electron chi connectivity index (χ4n) is 2.14. The van der Waals surface area contributed by atoms with Crippen LogP contribution in [0.1, 0.15) is 42.5 Å². The molecule has 1 heterocycles. The molecule has 1 unspecified atom stereocenters. The number of nitrogens with zero attached hydrogens (tertiary/aromatic N) is 3. The molecule has 6 heteroatoms. The number of nitrogens with one attached hydrogen (secondary N) is 1. The number of benzene rings is 1. The Kier molecular flexibility index (Phi) is 4.89. The van der Waals surface area contributed by atoms with E-state index in [1.54, 1.807) is 4.90 Å². The maximum absolute atomic E-state index is 12.5. The molecule has 1 N–H and O–H groups in total. The van der Waals surface area contributed by atoms with Crippen molar-refractivity contribution >= 4 is 21.8 Å². The molecule has 0 fully saturated rings. The van der Waals surface area contributed by atoms with Crippen molar-refractivity contribution < 1.29 is 4.79 Å². The van der Waals surface area contributed by atoms with Gasteiger partial charge in [0, 0.05) is 11.0 Å². The van der Waals surface area contributed by atoms with Crippen LogP contribution in [0.5, 0.6) is 0 Å². The van der Waals surface area contributed by atoms with Gasteiger partial charge in [0.2, 0.25) is 5.82 Å². The number of carbonyl (C=O) groups excluding carboxylic acids is 1. The molecule has 0 aliphatic rings. The van der Waals surface area contributed by atoms with Gasteiger partial charge in [-0.2, -0.15) is 5.10 Å². The van der Waals surface area contributed by atoms with Crippen molar-refractivity contribution in [1.82, 2.24) is 20.1 Å². The normalized spacial score (nSPS) is 12.2. The fraction of sp³-hybridized carbons (Fsp3) is 0.357. The van der Waals surface area contributed by atoms with Gasteiger partial charge >= 0.3 is 0 Å². The summed E-state index contributed by atoms with van der Waals surface area (Å²) in [6.07, 6.45) is 2.23. The average Bonchev–Trinajstić information content (AvgIpc) is 2.98. The molecule has 2 aromatic rings. The number of aromatic amines is 1. The molecular weight excluding hydrogens is 320 g/mol. The molecule has 0 aliphatic heterocycles. The predicted molar refractivity (Wildman–Crippen MR) is 80.3 cm³/mol. The molecule has 5 nitrogen and oxygen atoms in total. The molecule has 2 rings (SSSR count). The van der Waals surface area contributed by atoms with Crippen LogP contribution in [-0.2, 0) is 0 Å². The van der Waals surface area contributed by atoms with Crippen molar-refractivity contribution in [3.05, 3.63) is 46.5 Å². The van der Waals surface area contributed by atoms with E-state index in [0.29, 0.717) is 6.54 Å². The SMILES string of the molecule is CCCN(C(=O)c1ncn[nH]1)C(C)c1ccccc1Br. The second-order valence-corrected chi connectivity index (χ2v) is 5.38. The summed E-state index contributed by atoms with van der Waals surface area (Å²) in [5.74, 6) is 0.143. The highest BCUT2D eigenvalue weighted by atomic mass is 79.9. The molecule has 0 spiro atoms. The van der Waals surface area contributed by atoms with Gasteiger partial charge in [-0.3, -0.25) is 9.89 Å². The van der Waals surface area contributed by atoms with E-state index in [1.807, 2.05) is 38.1 Å². The lowest BCUT2D eigenvalue weighted by Crippen LogP contribution is -2.35. The monoisotopic (exact) mass is 336 g/mol. The van der Waals surface area contributed by atoms with E-state index >= 15 is 0 Å². The molecule has 1 aromatic carbocycles. The van der Waals surface area contributed by atoms with Gasteiger partial charge in [0.25, 0.3) is 5.91 Å². The molecule has 1 atom stereocenters. The van der Waals surface area contributed by atoms with Crippen molar-refractivity contribution in [3.8, 4) is 0 Å². The van der Waals surface area contributed by atoms with Crippen molar-refractivity contribution in [2.45, 2.75) is 26.3 Å². The van der Waals surface area contributed by atoms with Gasteiger partial charge in [0.1, 0.15) is 6.33 Å². The number of H-pyrrole nitrogens is 1. The summed E-state index contributed by atoms with van der Waals surface area (Å²) in [4.78, 5) is 18.3. The Bertz CT molecular complexity index is 570. The topological polar surface area (TPSA) is 61.9 Å². The largest absolute Gasteiger partial charge is 0.329 e. The second kappa shape index (κ2) is 6.65. The smallest absolute Gasteiger partial charge is 0.291 e. The van der Waals surface area contributed by atoms with Crippen LogP contribution in [0.4, 0.5) is 0 Å². The Morgan fingerprint density at radius 2 is 2.20 bits per heavy atom. The predicted octanol–water partition coefficient (Wildman–Crippen LogP) is 3.18. The van der Waals surface area contributed by atoms with E-state index in [1.165, 1.54) is 6.33 Å². The molecule has 0 aliphatic carbocycles. The van der Waals surface area contributed by atoms with Gasteiger partial charge in [-0.25, -0.2) is 4.98 Å². The zero-order valence-electron chi connectivity index (χ0n) is 11.5. The summed E-state index contributed by atoms with van der Waals surface area (Å²) < 4.78 is 0.999. The third-order valence-electron chi connectivity index (χ3n) is 3.17. The first-order chi connectivity index (χ1) is 9.65. The summed E-state index contributed by atoms with van der Waals surface area (Å²) in [7, 11) is 0. The zero-order chi connectivity index (χ0) is 14.5. The molecule has 106 valence electrons. The third kappa shape index (κ3) is 3.07. The van der Waals surface area contributed by atoms with Gasteiger partial charge in [-0.15, -0.1) is 0 Å². The lowest BCUT2D eigenvalue weighted by atomic mass is 10.1. The summed E-state index contributed by atoms with van der Waals surface area (Å²) >= 11 is 3.54. The highest BCUT2D eigenvalue weighted by Gasteiger charge is 2.24. The van der Waals surface area contributed by atoms with Crippen LogP contribution < -0.4 is 0 Å². The van der Waals surface area contributed by atoms with Gasteiger partial charge < -0.3 is 4.90 Å². The van der Waals surface area contributed by atoms with Gasteiger partial charge in [-0.05, 0) is 25.0 Å². The van der Waals surface area contributed by atoms with Crippen molar-refractivity contribution in [1.29, 1.82) is 0 Å². The van der Waals surface area contributed by atoms with Crippen molar-refractivity contribution in [2.75, 3.05) is 6.54 Å². The first-order valence-electron chi connectivity index (χ1n) is 6.56. The van der Waals surface area contributed by atoms with E-state index in [-0.39, 0.29) is 17.8 Å². The Hall–Kier alpha value is -1.69. The number of hydrogen-bond donors (Lipinski definition) is 1. The van der Waals surface area contributed by atoms with Gasteiger partial charge in [0.15, 0.2) is 0 Å². The molecule has 20 heavy (non-hydrogen) atoms. The van der Waals surface area contributed by atoms with Gasteiger partial charge in [-0.1, -0.05) is 41.1 Å². The van der Waals surface area contributed by atoms with E-state index in [9.17, 15) is 4.79 Å². The van der Waals surface area contributed by atoms with Crippen LogP contribution in [0.3, 0.4) is 0 Å². The number of halogens is 1. The number of hydrogen-bond acceptors (Lipinski definition) is 3. The lowest BCUT2D eigenvalue weighted by Gasteiger charge is -2.29. The fourth-order valence-corrected chi connectivity index (χ4v) is 2.75. The zero-order valence-corrected chi connectivity index (χ0v) is 13.1. The van der Waals surface area contributed by atoms with Gasteiger partial charge in [0.05, 0.1) is 6.04 Å². The molecular formula is C14H17BrN4O. The van der Waals surface area contributed by atoms with Crippen molar-refractivity contribution in [3.63, 3.8) is 0 Å². The highest BCUT2D eigenvalue weighted by Crippen LogP contribution is 2.28. The second-order valence-electron chi connectivity index (χ2n) is 4.53. The third-order valence-corrected chi connectivity index (χ3v) is 3.89. The van der Waals surface area contributed by atoms with Crippen LogP contribution in [0, 0.1) is 0 Å². The minimum absolute atomic E-state index is 0.0388. The van der Waals surface area contributed by atoms with E-state index in [4.69, 9.17) is 0 Å². The number of amides is 1. The molecule has 0 saturated heterocycles. The Morgan fingerprint density at radius 3 is 2.80 bits per heavy atom. The number of aromatic nitrogens is 3. The first kappa shape index (κ1) is 14.7. The maximum Gasteiger partial charge on any atom is 0.291 e. The molecule has 1 aromatic heterocycles. The van der Waals surface area contributed by atoms with E-state index in [0.717, 1.165) is 16.5 Å². The highest BCUT2D eigenvalue weighted by molar-refractivity contribution is 9.10. The minimum atomic E-state index is -0.132.